The molecule has 3 rings (SSSR count). The summed E-state index contributed by atoms with van der Waals surface area (Å²) in [5, 5.41) is 8.40. The van der Waals surface area contributed by atoms with Gasteiger partial charge in [0, 0.05) is 24.2 Å². The average Bonchev–Trinajstić information content (AvgIpc) is 3.00. The number of carbonyl (C=O) groups is 1. The van der Waals surface area contributed by atoms with Crippen molar-refractivity contribution in [2.75, 3.05) is 36.5 Å². The van der Waals surface area contributed by atoms with Gasteiger partial charge in [0.25, 0.3) is 0 Å². The fraction of sp³-hybridized carbons (Fsp3) is 0.400. The Morgan fingerprint density at radius 2 is 2.22 bits per heavy atom. The average molecular weight is 333 g/mol. The third-order valence-electron chi connectivity index (χ3n) is 3.41. The zero-order valence-corrected chi connectivity index (χ0v) is 13.7. The van der Waals surface area contributed by atoms with Gasteiger partial charge in [-0.05, 0) is 19.1 Å². The molecule has 8 heteroatoms. The highest BCUT2D eigenvalue weighted by Crippen LogP contribution is 2.15. The first-order chi connectivity index (χ1) is 11.2. The van der Waals surface area contributed by atoms with Gasteiger partial charge in [0.2, 0.25) is 0 Å². The third kappa shape index (κ3) is 4.40. The van der Waals surface area contributed by atoms with Crippen molar-refractivity contribution < 1.29 is 9.53 Å². The molecule has 0 bridgehead atoms. The zero-order chi connectivity index (χ0) is 16.1. The highest BCUT2D eigenvalue weighted by atomic mass is 32.1. The molecule has 1 saturated heterocycles. The topological polar surface area (TPSA) is 79.4 Å². The first-order valence-electron chi connectivity index (χ1n) is 7.45. The van der Waals surface area contributed by atoms with Crippen LogP contribution in [0.4, 0.5) is 16.3 Å². The number of nitrogens with zero attached hydrogens (tertiary/aromatic N) is 3. The Labute approximate surface area is 138 Å². The molecule has 7 nitrogen and oxygen atoms in total. The van der Waals surface area contributed by atoms with Crippen LogP contribution in [0.2, 0.25) is 0 Å². The first kappa shape index (κ1) is 15.7. The van der Waals surface area contributed by atoms with E-state index in [4.69, 9.17) is 4.74 Å². The number of thiazole rings is 1. The Kier molecular flexibility index (Phi) is 5.04. The van der Waals surface area contributed by atoms with Crippen LogP contribution < -0.4 is 15.5 Å². The Bertz CT molecular complexity index is 652. The van der Waals surface area contributed by atoms with E-state index >= 15 is 0 Å². The second kappa shape index (κ2) is 7.38. The first-order valence-corrected chi connectivity index (χ1v) is 8.33. The molecule has 0 spiro atoms. The van der Waals surface area contributed by atoms with Gasteiger partial charge in [-0.2, -0.15) is 0 Å². The fourth-order valence-electron chi connectivity index (χ4n) is 2.25. The van der Waals surface area contributed by atoms with Gasteiger partial charge in [-0.1, -0.05) is 0 Å². The lowest BCUT2D eigenvalue weighted by Crippen LogP contribution is -2.36. The van der Waals surface area contributed by atoms with Gasteiger partial charge in [-0.15, -0.1) is 11.3 Å². The van der Waals surface area contributed by atoms with E-state index in [0.717, 1.165) is 42.8 Å². The predicted octanol–water partition coefficient (Wildman–Crippen LogP) is 2.00. The van der Waals surface area contributed by atoms with Crippen LogP contribution in [0.1, 0.15) is 10.7 Å². The molecule has 0 radical (unpaired) electrons. The molecule has 23 heavy (non-hydrogen) atoms. The van der Waals surface area contributed by atoms with Gasteiger partial charge >= 0.3 is 6.03 Å². The molecule has 1 aliphatic rings. The van der Waals surface area contributed by atoms with Gasteiger partial charge in [0.1, 0.15) is 10.8 Å². The van der Waals surface area contributed by atoms with Crippen molar-refractivity contribution in [2.24, 2.45) is 0 Å². The van der Waals surface area contributed by atoms with Crippen LogP contribution in [0, 0.1) is 6.92 Å². The number of rotatable bonds is 4. The van der Waals surface area contributed by atoms with Crippen molar-refractivity contribution >= 4 is 28.9 Å². The number of aryl methyl sites for hydroxylation is 1. The molecule has 2 N–H and O–H groups in total. The van der Waals surface area contributed by atoms with Crippen molar-refractivity contribution in [3.05, 3.63) is 34.4 Å². The molecule has 1 fully saturated rings. The standard InChI is InChI=1S/C15H19N5O2S/c1-11-10-23-14(18-11)9-17-15(21)19-12-2-3-13(16-8-12)20-4-6-22-7-5-20/h2-3,8,10H,4-7,9H2,1H3,(H2,17,19,21). The van der Waals surface area contributed by atoms with Crippen molar-refractivity contribution in [1.82, 2.24) is 15.3 Å². The Morgan fingerprint density at radius 3 is 2.87 bits per heavy atom. The van der Waals surface area contributed by atoms with E-state index in [9.17, 15) is 4.79 Å². The molecule has 3 heterocycles. The van der Waals surface area contributed by atoms with E-state index in [-0.39, 0.29) is 6.03 Å². The van der Waals surface area contributed by atoms with Gasteiger partial charge in [0.15, 0.2) is 0 Å². The largest absolute Gasteiger partial charge is 0.378 e. The normalized spacial score (nSPS) is 14.6. The minimum atomic E-state index is -0.265. The maximum atomic E-state index is 11.9. The number of ether oxygens (including phenoxy) is 1. The zero-order valence-electron chi connectivity index (χ0n) is 12.9. The molecule has 0 atom stereocenters. The number of amides is 2. The molecule has 122 valence electrons. The highest BCUT2D eigenvalue weighted by molar-refractivity contribution is 7.09. The van der Waals surface area contributed by atoms with E-state index in [2.05, 4.69) is 25.5 Å². The van der Waals surface area contributed by atoms with Crippen LogP contribution in [0.25, 0.3) is 0 Å². The molecule has 0 saturated carbocycles. The summed E-state index contributed by atoms with van der Waals surface area (Å²) in [5.41, 5.74) is 1.63. The lowest BCUT2D eigenvalue weighted by molar-refractivity contribution is 0.122. The number of carbonyl (C=O) groups excluding carboxylic acids is 1. The van der Waals surface area contributed by atoms with Crippen molar-refractivity contribution in [3.8, 4) is 0 Å². The summed E-state index contributed by atoms with van der Waals surface area (Å²) in [4.78, 5) is 22.7. The number of anilines is 2. The van der Waals surface area contributed by atoms with Crippen LogP contribution in [0.15, 0.2) is 23.7 Å². The summed E-state index contributed by atoms with van der Waals surface area (Å²) < 4.78 is 5.32. The molecular weight excluding hydrogens is 314 g/mol. The highest BCUT2D eigenvalue weighted by Gasteiger charge is 2.12. The number of nitrogens with one attached hydrogen (secondary N) is 2. The maximum absolute atomic E-state index is 11.9. The summed E-state index contributed by atoms with van der Waals surface area (Å²) in [5.74, 6) is 0.900. The molecule has 0 aromatic carbocycles. The van der Waals surface area contributed by atoms with Gasteiger partial charge in [0.05, 0.1) is 31.6 Å². The van der Waals surface area contributed by atoms with Crippen molar-refractivity contribution in [2.45, 2.75) is 13.5 Å². The van der Waals surface area contributed by atoms with Crippen LogP contribution >= 0.6 is 11.3 Å². The van der Waals surface area contributed by atoms with Gasteiger partial charge < -0.3 is 20.3 Å². The number of morpholine rings is 1. The summed E-state index contributed by atoms with van der Waals surface area (Å²) in [6.45, 7) is 5.48. The lowest BCUT2D eigenvalue weighted by Gasteiger charge is -2.27. The molecule has 0 aliphatic carbocycles. The SMILES string of the molecule is Cc1csc(CNC(=O)Nc2ccc(N3CCOCC3)nc2)n1. The summed E-state index contributed by atoms with van der Waals surface area (Å²) in [7, 11) is 0. The number of urea groups is 1. The van der Waals surface area contributed by atoms with Crippen LogP contribution in [0.5, 0.6) is 0 Å². The second-order valence-corrected chi connectivity index (χ2v) is 6.14. The third-order valence-corrected chi connectivity index (χ3v) is 4.37. The summed E-state index contributed by atoms with van der Waals surface area (Å²) in [6, 6.07) is 3.49. The Hall–Kier alpha value is -2.19. The predicted molar refractivity (Wildman–Crippen MR) is 90.0 cm³/mol. The number of aromatic nitrogens is 2. The van der Waals surface area contributed by atoms with Gasteiger partial charge in [-0.3, -0.25) is 0 Å². The lowest BCUT2D eigenvalue weighted by atomic mass is 10.3. The minimum absolute atomic E-state index is 0.265. The van der Waals surface area contributed by atoms with E-state index in [1.807, 2.05) is 24.4 Å². The van der Waals surface area contributed by atoms with E-state index in [1.165, 1.54) is 11.3 Å². The van der Waals surface area contributed by atoms with Crippen LogP contribution in [-0.2, 0) is 11.3 Å². The molecule has 1 aliphatic heterocycles. The quantitative estimate of drug-likeness (QED) is 0.895. The number of hydrogen-bond acceptors (Lipinski definition) is 6. The fourth-order valence-corrected chi connectivity index (χ4v) is 2.97. The van der Waals surface area contributed by atoms with E-state index in [1.54, 1.807) is 6.20 Å². The van der Waals surface area contributed by atoms with Crippen molar-refractivity contribution in [3.63, 3.8) is 0 Å². The maximum Gasteiger partial charge on any atom is 0.319 e. The Balaban J connectivity index is 1.50. The van der Waals surface area contributed by atoms with Crippen LogP contribution in [-0.4, -0.2) is 42.3 Å². The molecule has 0 unspecified atom stereocenters. The van der Waals surface area contributed by atoms with Crippen molar-refractivity contribution in [1.29, 1.82) is 0 Å². The smallest absolute Gasteiger partial charge is 0.319 e. The Morgan fingerprint density at radius 1 is 1.39 bits per heavy atom. The monoisotopic (exact) mass is 333 g/mol. The van der Waals surface area contributed by atoms with E-state index in [0.29, 0.717) is 12.2 Å². The van der Waals surface area contributed by atoms with E-state index < -0.39 is 0 Å². The van der Waals surface area contributed by atoms with Crippen LogP contribution in [0.3, 0.4) is 0 Å². The molecule has 2 aromatic rings. The number of pyridine rings is 1. The summed E-state index contributed by atoms with van der Waals surface area (Å²) >= 11 is 1.53. The van der Waals surface area contributed by atoms with Gasteiger partial charge in [-0.25, -0.2) is 14.8 Å². The summed E-state index contributed by atoms with van der Waals surface area (Å²) in [6.07, 6.45) is 1.66. The number of hydrogen-bond donors (Lipinski definition) is 2. The minimum Gasteiger partial charge on any atom is -0.378 e. The molecule has 2 aromatic heterocycles. The molecular formula is C15H19N5O2S. The second-order valence-electron chi connectivity index (χ2n) is 5.19. The molecule has 2 amide bonds.